The fourth-order valence-corrected chi connectivity index (χ4v) is 3.37. The van der Waals surface area contributed by atoms with Gasteiger partial charge in [-0.2, -0.15) is 0 Å². The van der Waals surface area contributed by atoms with Gasteiger partial charge in [-0.05, 0) is 12.6 Å². The molecule has 4 atom stereocenters. The van der Waals surface area contributed by atoms with Crippen molar-refractivity contribution in [1.82, 2.24) is 9.62 Å². The second-order valence-electron chi connectivity index (χ2n) is 5.90. The Kier molecular flexibility index (Phi) is 6.12. The number of aliphatic hydroxyl groups excluding tert-OH is 2. The van der Waals surface area contributed by atoms with Crippen molar-refractivity contribution in [2.24, 2.45) is 0 Å². The molecule has 0 saturated carbocycles. The van der Waals surface area contributed by atoms with Crippen molar-refractivity contribution >= 4 is 10.0 Å². The fraction of sp³-hybridized carbons (Fsp3) is 0.600. The molecular formula is C15H24N2O5S. The van der Waals surface area contributed by atoms with E-state index in [1.54, 1.807) is 0 Å². The van der Waals surface area contributed by atoms with E-state index in [1.807, 2.05) is 42.3 Å². The molecule has 0 amide bonds. The first-order valence-corrected chi connectivity index (χ1v) is 9.34. The Balaban J connectivity index is 2.10. The molecule has 7 nitrogen and oxygen atoms in total. The largest absolute Gasteiger partial charge is 0.394 e. The van der Waals surface area contributed by atoms with E-state index in [4.69, 9.17) is 4.74 Å². The third-order valence-corrected chi connectivity index (χ3v) is 4.66. The van der Waals surface area contributed by atoms with Crippen LogP contribution in [0.5, 0.6) is 0 Å². The smallest absolute Gasteiger partial charge is 0.208 e. The summed E-state index contributed by atoms with van der Waals surface area (Å²) in [5.41, 5.74) is 1.07. The van der Waals surface area contributed by atoms with Crippen molar-refractivity contribution in [3.63, 3.8) is 0 Å². The molecule has 1 heterocycles. The molecular weight excluding hydrogens is 320 g/mol. The second kappa shape index (κ2) is 7.69. The van der Waals surface area contributed by atoms with Crippen molar-refractivity contribution in [3.8, 4) is 0 Å². The van der Waals surface area contributed by atoms with Crippen LogP contribution < -0.4 is 4.72 Å². The SMILES string of the molecule is CN(Cc1ccccc1)C1C(CNS(C)(=O)=O)OC(CO)C1O. The van der Waals surface area contributed by atoms with Crippen LogP contribution in [0.4, 0.5) is 0 Å². The molecule has 1 saturated heterocycles. The van der Waals surface area contributed by atoms with Gasteiger partial charge in [0.25, 0.3) is 0 Å². The topological polar surface area (TPSA) is 99.1 Å². The molecule has 1 fully saturated rings. The molecule has 8 heteroatoms. The molecule has 130 valence electrons. The lowest BCUT2D eigenvalue weighted by Crippen LogP contribution is -2.49. The summed E-state index contributed by atoms with van der Waals surface area (Å²) in [7, 11) is -1.51. The summed E-state index contributed by atoms with van der Waals surface area (Å²) >= 11 is 0. The number of nitrogens with one attached hydrogen (secondary N) is 1. The molecule has 1 aromatic rings. The van der Waals surface area contributed by atoms with Crippen LogP contribution in [-0.2, 0) is 21.3 Å². The first-order valence-electron chi connectivity index (χ1n) is 7.45. The Hall–Kier alpha value is -1.03. The Labute approximate surface area is 136 Å². The van der Waals surface area contributed by atoms with Crippen LogP contribution in [0.1, 0.15) is 5.56 Å². The molecule has 23 heavy (non-hydrogen) atoms. The van der Waals surface area contributed by atoms with Gasteiger partial charge in [-0.25, -0.2) is 13.1 Å². The summed E-state index contributed by atoms with van der Waals surface area (Å²) in [6.45, 7) is 0.321. The Bertz CT molecular complexity index is 595. The summed E-state index contributed by atoms with van der Waals surface area (Å²) in [4.78, 5) is 1.92. The number of benzene rings is 1. The van der Waals surface area contributed by atoms with Gasteiger partial charge in [-0.15, -0.1) is 0 Å². The van der Waals surface area contributed by atoms with Crippen LogP contribution in [0.25, 0.3) is 0 Å². The van der Waals surface area contributed by atoms with Crippen molar-refractivity contribution in [2.45, 2.75) is 30.9 Å². The van der Waals surface area contributed by atoms with E-state index in [0.29, 0.717) is 6.54 Å². The lowest BCUT2D eigenvalue weighted by molar-refractivity contribution is -0.0200. The van der Waals surface area contributed by atoms with Crippen LogP contribution >= 0.6 is 0 Å². The van der Waals surface area contributed by atoms with Crippen LogP contribution in [0, 0.1) is 0 Å². The molecule has 1 aliphatic heterocycles. The van der Waals surface area contributed by atoms with Gasteiger partial charge in [0.1, 0.15) is 12.2 Å². The van der Waals surface area contributed by atoms with Gasteiger partial charge in [0, 0.05) is 13.1 Å². The maximum atomic E-state index is 11.3. The number of ether oxygens (including phenoxy) is 1. The monoisotopic (exact) mass is 344 g/mol. The van der Waals surface area contributed by atoms with Crippen molar-refractivity contribution < 1.29 is 23.4 Å². The zero-order valence-electron chi connectivity index (χ0n) is 13.3. The molecule has 0 aromatic heterocycles. The highest BCUT2D eigenvalue weighted by Gasteiger charge is 2.45. The second-order valence-corrected chi connectivity index (χ2v) is 7.73. The number of hydrogen-bond acceptors (Lipinski definition) is 6. The third-order valence-electron chi connectivity index (χ3n) is 3.97. The highest BCUT2D eigenvalue weighted by Crippen LogP contribution is 2.26. The summed E-state index contributed by atoms with van der Waals surface area (Å²) in [6.07, 6.45) is -1.07. The fourth-order valence-electron chi connectivity index (χ4n) is 2.90. The minimum absolute atomic E-state index is 0.0518. The van der Waals surface area contributed by atoms with Gasteiger partial charge >= 0.3 is 0 Å². The highest BCUT2D eigenvalue weighted by molar-refractivity contribution is 7.88. The van der Waals surface area contributed by atoms with Crippen LogP contribution in [0.3, 0.4) is 0 Å². The summed E-state index contributed by atoms with van der Waals surface area (Å²) in [5.74, 6) is 0. The third kappa shape index (κ3) is 4.97. The van der Waals surface area contributed by atoms with Crippen LogP contribution in [0.2, 0.25) is 0 Å². The molecule has 3 N–H and O–H groups in total. The molecule has 0 spiro atoms. The Morgan fingerprint density at radius 1 is 1.26 bits per heavy atom. The quantitative estimate of drug-likeness (QED) is 0.596. The number of hydrogen-bond donors (Lipinski definition) is 3. The number of sulfonamides is 1. The summed E-state index contributed by atoms with van der Waals surface area (Å²) < 4.78 is 30.6. The summed E-state index contributed by atoms with van der Waals surface area (Å²) in [5, 5.41) is 19.7. The molecule has 1 aliphatic rings. The minimum Gasteiger partial charge on any atom is -0.394 e. The predicted molar refractivity (Wildman–Crippen MR) is 86.3 cm³/mol. The predicted octanol–water partition coefficient (Wildman–Crippen LogP) is -0.843. The molecule has 0 aliphatic carbocycles. The minimum atomic E-state index is -3.35. The van der Waals surface area contributed by atoms with Gasteiger partial charge in [0.05, 0.1) is 25.0 Å². The number of rotatable bonds is 7. The summed E-state index contributed by atoms with van der Waals surface area (Å²) in [6, 6.07) is 9.34. The van der Waals surface area contributed by atoms with Crippen LogP contribution in [-0.4, -0.2) is 74.3 Å². The number of aliphatic hydroxyl groups is 2. The Morgan fingerprint density at radius 2 is 1.91 bits per heavy atom. The van der Waals surface area contributed by atoms with Crippen molar-refractivity contribution in [3.05, 3.63) is 35.9 Å². The Morgan fingerprint density at radius 3 is 2.48 bits per heavy atom. The number of likely N-dealkylation sites (N-methyl/N-ethyl adjacent to an activating group) is 1. The maximum absolute atomic E-state index is 11.3. The van der Waals surface area contributed by atoms with E-state index in [9.17, 15) is 18.6 Å². The van der Waals surface area contributed by atoms with E-state index >= 15 is 0 Å². The standard InChI is InChI=1S/C15H24N2O5S/c1-17(9-11-6-4-3-5-7-11)14-12(8-16-23(2,20)21)22-13(10-18)15(14)19/h3-7,12-16,18-19H,8-10H2,1-2H3. The average molecular weight is 344 g/mol. The van der Waals surface area contributed by atoms with Crippen molar-refractivity contribution in [2.75, 3.05) is 26.5 Å². The first-order chi connectivity index (χ1) is 10.8. The molecule has 0 bridgehead atoms. The van der Waals surface area contributed by atoms with Gasteiger partial charge in [-0.1, -0.05) is 30.3 Å². The van der Waals surface area contributed by atoms with E-state index in [1.165, 1.54) is 0 Å². The van der Waals surface area contributed by atoms with Gasteiger partial charge in [-0.3, -0.25) is 4.90 Å². The average Bonchev–Trinajstić information content (AvgIpc) is 2.81. The lowest BCUT2D eigenvalue weighted by Gasteiger charge is -2.30. The number of nitrogens with zero attached hydrogens (tertiary/aromatic N) is 1. The van der Waals surface area contributed by atoms with Gasteiger partial charge in [0.15, 0.2) is 0 Å². The zero-order valence-corrected chi connectivity index (χ0v) is 14.1. The maximum Gasteiger partial charge on any atom is 0.208 e. The van der Waals surface area contributed by atoms with E-state index in [0.717, 1.165) is 11.8 Å². The lowest BCUT2D eigenvalue weighted by atomic mass is 10.0. The molecule has 0 radical (unpaired) electrons. The van der Waals surface area contributed by atoms with E-state index < -0.39 is 34.4 Å². The normalized spacial score (nSPS) is 28.4. The van der Waals surface area contributed by atoms with Gasteiger partial charge < -0.3 is 14.9 Å². The highest BCUT2D eigenvalue weighted by atomic mass is 32.2. The first kappa shape index (κ1) is 18.3. The molecule has 1 aromatic carbocycles. The molecule has 4 unspecified atom stereocenters. The van der Waals surface area contributed by atoms with Gasteiger partial charge in [0.2, 0.25) is 10.0 Å². The zero-order chi connectivity index (χ0) is 17.0. The molecule has 2 rings (SSSR count). The van der Waals surface area contributed by atoms with Crippen LogP contribution in [0.15, 0.2) is 30.3 Å². The van der Waals surface area contributed by atoms with E-state index in [2.05, 4.69) is 4.72 Å². The van der Waals surface area contributed by atoms with Crippen molar-refractivity contribution in [1.29, 1.82) is 0 Å². The van der Waals surface area contributed by atoms with E-state index in [-0.39, 0.29) is 13.2 Å².